The summed E-state index contributed by atoms with van der Waals surface area (Å²) in [6, 6.07) is 63.9. The Morgan fingerprint density at radius 3 is 1.24 bits per heavy atom. The number of ether oxygens (including phenoxy) is 14. The Bertz CT molecular complexity index is 5730. The average Bonchev–Trinajstić information content (AvgIpc) is 0.786. The summed E-state index contributed by atoms with van der Waals surface area (Å²) in [6.45, 7) is 17.6. The molecule has 0 aliphatic carbocycles. The number of nitrogens with zero attached hydrogens (tertiary/aromatic N) is 9. The van der Waals surface area contributed by atoms with Crippen molar-refractivity contribution in [3.05, 3.63) is 279 Å². The molecule has 8 aromatic carbocycles. The summed E-state index contributed by atoms with van der Waals surface area (Å²) >= 11 is 0. The molecular weight excluding hydrogens is 1910 g/mol. The van der Waals surface area contributed by atoms with Gasteiger partial charge >= 0.3 is 43.1 Å². The van der Waals surface area contributed by atoms with Gasteiger partial charge in [-0.25, -0.2) is 9.78 Å². The first-order chi connectivity index (χ1) is 70.7. The van der Waals surface area contributed by atoms with Gasteiger partial charge in [0.05, 0.1) is 152 Å². The van der Waals surface area contributed by atoms with Crippen LogP contribution in [0.4, 0.5) is 23.8 Å². The molecule has 4 atom stereocenters. The number of unbranched alkanes of at least 4 members (excludes halogenated alkanes) is 1. The number of pyridine rings is 2. The van der Waals surface area contributed by atoms with Crippen LogP contribution < -0.4 is 43.9 Å². The Kier molecular flexibility index (Phi) is 59.0. The molecular formula is C109H133F3LiN11O24. The van der Waals surface area contributed by atoms with Crippen molar-refractivity contribution < 1.29 is 147 Å². The number of hydrogen-bond acceptors (Lipinski definition) is 27. The molecule has 39 heteroatoms. The standard InChI is InChI=1S/C56H70N6O12.C51H61N5O10.C2HF3O.Li.H2O/c1-41-23-24-58-52(36-41)62(55(66)74-56(2,3)4)26-11-16-53(64)60-49(40-72-39-42-12-7-6-8-13-42)50(63)37-45(38-54(65)67-5)43-17-19-44(20-18-43)46-21-22-51(48-15-10-9-14-47(46)48)73-35-34-71-33-32-70-31-30-69-29-28-68-27-25-59-61-57;1-38-21-22-53-43(33-38)11-5-8-14-50(58)55-47(37-65-36-39-9-3-2-4-10-39)48(57)34-42(35-51(59)60)40-15-17-41(18-16-40)44-19-20-49(46-13-7-6-12-45(44)46)66-32-31-64-30-29-63-28-27-62-26-25-61-24-23-54-56-52;3-2(4,5)1-6;;/h6-10,12-15,17-24,36,45,49H,11,16,25-35,37-40H2,1-5H3,(H,60,64);2-4,6-7,9-10,12-13,15-22,33,42,47H,5,8,11,14,23-32,34-37H2,1H3,(H,55,58)(H,59,60);1H;;1H2/q;;;+1;/p-1/t45-,49-;42-,47-;;;/m00.../s1. The Morgan fingerprint density at radius 1 is 0.466 bits per heavy atom. The van der Waals surface area contributed by atoms with Crippen LogP contribution in [0.15, 0.2) is 229 Å². The number of benzene rings is 8. The van der Waals surface area contributed by atoms with Crippen LogP contribution in [0.3, 0.4) is 0 Å². The number of aromatic nitrogens is 2. The van der Waals surface area contributed by atoms with E-state index in [1.807, 2.05) is 214 Å². The van der Waals surface area contributed by atoms with Crippen molar-refractivity contribution in [1.82, 2.24) is 20.6 Å². The van der Waals surface area contributed by atoms with Crippen LogP contribution in [0, 0.1) is 13.8 Å². The third kappa shape index (κ3) is 48.7. The maximum Gasteiger partial charge on any atom is 1.00 e. The van der Waals surface area contributed by atoms with Crippen LogP contribution in [0.5, 0.6) is 11.5 Å². The molecule has 4 N–H and O–H groups in total. The minimum absolute atomic E-state index is 0. The summed E-state index contributed by atoms with van der Waals surface area (Å²) in [4.78, 5) is 118. The van der Waals surface area contributed by atoms with E-state index in [-0.39, 0.29) is 120 Å². The number of carboxylic acids is 1. The zero-order chi connectivity index (χ0) is 105. The largest absolute Gasteiger partial charge is 1.00 e. The predicted molar refractivity (Wildman–Crippen MR) is 546 cm³/mol. The van der Waals surface area contributed by atoms with Crippen molar-refractivity contribution in [2.45, 2.75) is 148 Å². The van der Waals surface area contributed by atoms with Gasteiger partial charge < -0.3 is 87.5 Å². The van der Waals surface area contributed by atoms with Crippen molar-refractivity contribution in [3.8, 4) is 33.8 Å². The summed E-state index contributed by atoms with van der Waals surface area (Å²) in [7, 11) is 1.31. The van der Waals surface area contributed by atoms with Crippen molar-refractivity contribution in [2.24, 2.45) is 10.2 Å². The number of amides is 3. The number of rotatable bonds is 66. The Balaban J connectivity index is 0.000000425. The summed E-state index contributed by atoms with van der Waals surface area (Å²) < 4.78 is 110. The first-order valence-electron chi connectivity index (χ1n) is 48.4. The van der Waals surface area contributed by atoms with Crippen LogP contribution in [0.1, 0.15) is 129 Å². The number of methoxy groups -OCH3 is 1. The number of carbonyl (C=O) groups is 8. The molecule has 10 aromatic rings. The van der Waals surface area contributed by atoms with Gasteiger partial charge in [-0.1, -0.05) is 180 Å². The van der Waals surface area contributed by atoms with Gasteiger partial charge in [0, 0.05) is 95.8 Å². The van der Waals surface area contributed by atoms with E-state index in [9.17, 15) is 51.8 Å². The van der Waals surface area contributed by atoms with Gasteiger partial charge in [-0.3, -0.25) is 43.4 Å². The van der Waals surface area contributed by atoms with Crippen molar-refractivity contribution in [3.63, 3.8) is 0 Å². The van der Waals surface area contributed by atoms with E-state index >= 15 is 0 Å². The van der Waals surface area contributed by atoms with Crippen LogP contribution in [-0.4, -0.2) is 251 Å². The molecule has 2 heterocycles. The molecule has 10 rings (SSSR count). The van der Waals surface area contributed by atoms with Crippen LogP contribution in [0.25, 0.3) is 64.7 Å². The number of aryl methyl sites for hydroxylation is 3. The second-order valence-electron chi connectivity index (χ2n) is 34.5. The molecule has 790 valence electrons. The van der Waals surface area contributed by atoms with Gasteiger partial charge in [-0.15, -0.1) is 0 Å². The average molecular weight is 2050 g/mol. The summed E-state index contributed by atoms with van der Waals surface area (Å²) in [5, 5.41) is 26.4. The first-order valence-corrected chi connectivity index (χ1v) is 48.4. The van der Waals surface area contributed by atoms with Gasteiger partial charge in [0.2, 0.25) is 18.1 Å². The number of aliphatic carboxylic acids is 1. The van der Waals surface area contributed by atoms with Crippen LogP contribution in [0.2, 0.25) is 0 Å². The minimum Gasteiger partial charge on any atom is -0.870 e. The number of Topliss-reactive ketones (excluding diaryl/α,β-unsaturated/α-hetero) is 2. The molecule has 148 heavy (non-hydrogen) atoms. The topological polar surface area (TPSA) is 467 Å². The number of fused-ring (bicyclic) bond motifs is 2. The fourth-order valence-corrected chi connectivity index (χ4v) is 15.0. The number of carboxylic acid groups (broad SMARTS) is 1. The monoisotopic (exact) mass is 2040 g/mol. The quantitative estimate of drug-likeness (QED) is 0.00606. The molecule has 35 nitrogen and oxygen atoms in total. The zero-order valence-electron chi connectivity index (χ0n) is 85.0. The first kappa shape index (κ1) is 124. The van der Waals surface area contributed by atoms with Gasteiger partial charge in [-0.2, -0.15) is 13.2 Å². The smallest absolute Gasteiger partial charge is 0.870 e. The van der Waals surface area contributed by atoms with E-state index in [0.717, 1.165) is 95.9 Å². The number of carbonyl (C=O) groups excluding carboxylic acids is 7. The zero-order valence-corrected chi connectivity index (χ0v) is 85.0. The predicted octanol–water partition coefficient (Wildman–Crippen LogP) is 15.7. The van der Waals surface area contributed by atoms with Crippen molar-refractivity contribution in [1.29, 1.82) is 0 Å². The second-order valence-corrected chi connectivity index (χ2v) is 34.5. The fourth-order valence-electron chi connectivity index (χ4n) is 15.0. The number of aldehydes is 1. The summed E-state index contributed by atoms with van der Waals surface area (Å²) in [6.07, 6.45) is -0.769. The van der Waals surface area contributed by atoms with E-state index in [1.54, 1.807) is 39.2 Å². The number of anilines is 1. The number of ketones is 2. The van der Waals surface area contributed by atoms with Gasteiger partial charge in [-0.05, 0) is 174 Å². The molecule has 0 saturated heterocycles. The van der Waals surface area contributed by atoms with E-state index in [4.69, 9.17) is 82.2 Å². The van der Waals surface area contributed by atoms with E-state index in [0.29, 0.717) is 156 Å². The number of hydrogen-bond donors (Lipinski definition) is 3. The molecule has 0 aliphatic rings. The molecule has 0 saturated carbocycles. The number of esters is 1. The molecule has 2 aromatic heterocycles. The third-order valence-electron chi connectivity index (χ3n) is 22.1. The number of halogens is 3. The summed E-state index contributed by atoms with van der Waals surface area (Å²) in [5.74, 6) is -2.14. The maximum atomic E-state index is 14.3. The molecule has 0 aliphatic heterocycles. The van der Waals surface area contributed by atoms with Gasteiger partial charge in [0.15, 0.2) is 11.6 Å². The molecule has 0 bridgehead atoms. The van der Waals surface area contributed by atoms with Crippen molar-refractivity contribution >= 4 is 75.1 Å². The van der Waals surface area contributed by atoms with E-state index in [2.05, 4.69) is 40.7 Å². The minimum atomic E-state index is -4.64. The number of alkyl halides is 3. The van der Waals surface area contributed by atoms with E-state index in [1.165, 1.54) is 12.0 Å². The normalized spacial score (nSPS) is 11.8. The van der Waals surface area contributed by atoms with Crippen LogP contribution in [-0.2, 0) is 110 Å². The molecule has 0 fully saturated rings. The molecule has 0 spiro atoms. The Morgan fingerprint density at radius 2 is 0.851 bits per heavy atom. The Labute approximate surface area is 872 Å². The number of azide groups is 2. The Hall–Kier alpha value is -13.1. The fraction of sp³-hybridized carbons (Fsp3) is 0.431. The van der Waals surface area contributed by atoms with Gasteiger partial charge in [0.25, 0.3) is 0 Å². The van der Waals surface area contributed by atoms with Crippen molar-refractivity contribution in [2.75, 3.05) is 164 Å². The third-order valence-corrected chi connectivity index (χ3v) is 22.1. The maximum absolute atomic E-state index is 14.3. The molecule has 0 unspecified atom stereocenters. The second kappa shape index (κ2) is 70.7. The SMILES string of the molecule is COC(=O)C[C@H](CC(=O)[C@H](COCc1ccccc1)NC(=O)CCCN(C(=O)OC(C)(C)C)c1cc(C)ccn1)c1ccc(-c2ccc(OCCOCCOCCOCCOCCN=[N+]=[N-])c3ccccc23)cc1.Cc1ccnc(CCCCC(=O)N[C@@H](COCc2ccccc2)C(=O)C[C@@H](CC(=O)O)c2ccc(-c3ccc(OCCOCCOCCOCCOCCN=[N+]=[N-])c4ccccc34)cc2)c1.O=CC(F)(F)F.[Li+].[OH-]. The molecule has 0 radical (unpaired) electrons. The van der Waals surface area contributed by atoms with Gasteiger partial charge in [0.1, 0.15) is 48.2 Å². The number of nitrogens with one attached hydrogen (secondary N) is 2. The summed E-state index contributed by atoms with van der Waals surface area (Å²) in [5.41, 5.74) is 25.9. The van der Waals surface area contributed by atoms with E-state index < -0.39 is 65.9 Å². The molecule has 3 amide bonds. The van der Waals surface area contributed by atoms with Crippen LogP contribution >= 0.6 is 0 Å².